The first-order valence-corrected chi connectivity index (χ1v) is 9.90. The molecule has 7 nitrogen and oxygen atoms in total. The Morgan fingerprint density at radius 3 is 2.80 bits per heavy atom. The Hall–Kier alpha value is -3.74. The van der Waals surface area contributed by atoms with E-state index in [0.29, 0.717) is 17.9 Å². The van der Waals surface area contributed by atoms with E-state index in [2.05, 4.69) is 16.9 Å². The number of nitrogens with zero attached hydrogens (tertiary/aromatic N) is 1. The van der Waals surface area contributed by atoms with E-state index in [1.165, 1.54) is 6.08 Å². The summed E-state index contributed by atoms with van der Waals surface area (Å²) in [5.74, 6) is 0.985. The van der Waals surface area contributed by atoms with Crippen LogP contribution >= 0.6 is 0 Å². The van der Waals surface area contributed by atoms with Gasteiger partial charge in [-0.25, -0.2) is 0 Å². The number of hydrogen-bond acceptors (Lipinski definition) is 4. The number of carbonyl (C=O) groups excluding carboxylic acids is 2. The predicted molar refractivity (Wildman–Crippen MR) is 109 cm³/mol. The van der Waals surface area contributed by atoms with Gasteiger partial charge in [0.15, 0.2) is 11.5 Å². The van der Waals surface area contributed by atoms with Crippen molar-refractivity contribution in [1.29, 1.82) is 0 Å². The molecule has 2 N–H and O–H groups in total. The molecule has 1 saturated heterocycles. The zero-order valence-corrected chi connectivity index (χ0v) is 16.1. The summed E-state index contributed by atoms with van der Waals surface area (Å²) in [5.41, 5.74) is 3.84. The third-order valence-corrected chi connectivity index (χ3v) is 6.20. The van der Waals surface area contributed by atoms with E-state index in [9.17, 15) is 9.59 Å². The predicted octanol–water partition coefficient (Wildman–Crippen LogP) is 2.42. The van der Waals surface area contributed by atoms with Crippen LogP contribution in [0.25, 0.3) is 10.9 Å². The molecule has 0 aliphatic carbocycles. The van der Waals surface area contributed by atoms with Crippen LogP contribution in [0.3, 0.4) is 0 Å². The topological polar surface area (TPSA) is 83.7 Å². The van der Waals surface area contributed by atoms with E-state index in [-0.39, 0.29) is 18.6 Å². The Balaban J connectivity index is 1.59. The standard InChI is InChI=1S/C23H19N3O4/c1-2-15-23(28)26-17(22(27)25-15)10-14-13-5-3-4-6-16(13)24-20(14)21(26)12-7-8-18-19(9-12)30-11-29-18/h2-9,15,17,21,24H,1,10-11H2,(H,25,27)/t15-,17?,21+/m0/s1. The molecule has 3 atom stereocenters. The molecular formula is C23H19N3O4. The van der Waals surface area contributed by atoms with Gasteiger partial charge in [-0.3, -0.25) is 9.59 Å². The summed E-state index contributed by atoms with van der Waals surface area (Å²) < 4.78 is 11.0. The first kappa shape index (κ1) is 17.1. The number of fused-ring (bicyclic) bond motifs is 5. The molecule has 0 bridgehead atoms. The molecule has 2 aromatic carbocycles. The van der Waals surface area contributed by atoms with Gasteiger partial charge in [-0.2, -0.15) is 0 Å². The molecule has 150 valence electrons. The highest BCUT2D eigenvalue weighted by Crippen LogP contribution is 2.44. The SMILES string of the molecule is C=C[C@@H]1NC(=O)C2Cc3c([nH]c4ccccc34)[C@@H](c3ccc4c(c3)OCO4)N2C1=O. The minimum absolute atomic E-state index is 0.165. The number of para-hydroxylation sites is 1. The highest BCUT2D eigenvalue weighted by Gasteiger charge is 2.48. The lowest BCUT2D eigenvalue weighted by Gasteiger charge is -2.46. The molecule has 6 rings (SSSR count). The molecule has 1 aromatic heterocycles. The maximum Gasteiger partial charge on any atom is 0.250 e. The van der Waals surface area contributed by atoms with Crippen molar-refractivity contribution < 1.29 is 19.1 Å². The van der Waals surface area contributed by atoms with Crippen molar-refractivity contribution in [2.24, 2.45) is 0 Å². The fraction of sp³-hybridized carbons (Fsp3) is 0.217. The molecule has 4 heterocycles. The van der Waals surface area contributed by atoms with Gasteiger partial charge >= 0.3 is 0 Å². The van der Waals surface area contributed by atoms with E-state index >= 15 is 0 Å². The number of aromatic amines is 1. The monoisotopic (exact) mass is 401 g/mol. The zero-order valence-electron chi connectivity index (χ0n) is 16.1. The summed E-state index contributed by atoms with van der Waals surface area (Å²) in [5, 5.41) is 3.87. The lowest BCUT2D eigenvalue weighted by Crippen LogP contribution is -2.65. The lowest BCUT2D eigenvalue weighted by atomic mass is 9.85. The second kappa shape index (κ2) is 6.13. The Kier molecular flexibility index (Phi) is 3.50. The zero-order chi connectivity index (χ0) is 20.4. The fourth-order valence-corrected chi connectivity index (χ4v) is 4.83. The van der Waals surface area contributed by atoms with Gasteiger partial charge in [-0.1, -0.05) is 30.3 Å². The fourth-order valence-electron chi connectivity index (χ4n) is 4.83. The highest BCUT2D eigenvalue weighted by atomic mass is 16.7. The van der Waals surface area contributed by atoms with Crippen molar-refractivity contribution in [2.45, 2.75) is 24.5 Å². The Morgan fingerprint density at radius 2 is 1.93 bits per heavy atom. The van der Waals surface area contributed by atoms with E-state index in [4.69, 9.17) is 9.47 Å². The number of aromatic nitrogens is 1. The molecule has 7 heteroatoms. The average molecular weight is 401 g/mol. The van der Waals surface area contributed by atoms with Crippen LogP contribution in [0.4, 0.5) is 0 Å². The Morgan fingerprint density at radius 1 is 1.10 bits per heavy atom. The van der Waals surface area contributed by atoms with Gasteiger partial charge in [-0.05, 0) is 29.3 Å². The van der Waals surface area contributed by atoms with Gasteiger partial charge in [0.2, 0.25) is 12.7 Å². The number of nitrogens with one attached hydrogen (secondary N) is 2. The lowest BCUT2D eigenvalue weighted by molar-refractivity contribution is -0.150. The summed E-state index contributed by atoms with van der Waals surface area (Å²) in [6, 6.07) is 11.9. The molecule has 30 heavy (non-hydrogen) atoms. The summed E-state index contributed by atoms with van der Waals surface area (Å²) in [7, 11) is 0. The summed E-state index contributed by atoms with van der Waals surface area (Å²) in [4.78, 5) is 31.5. The summed E-state index contributed by atoms with van der Waals surface area (Å²) >= 11 is 0. The van der Waals surface area contributed by atoms with Crippen molar-refractivity contribution in [3.8, 4) is 11.5 Å². The first-order chi connectivity index (χ1) is 14.7. The number of benzene rings is 2. The van der Waals surface area contributed by atoms with Crippen molar-refractivity contribution in [3.05, 3.63) is 71.9 Å². The van der Waals surface area contributed by atoms with Crippen LogP contribution in [0, 0.1) is 0 Å². The van der Waals surface area contributed by atoms with Crippen LogP contribution in [0.1, 0.15) is 22.9 Å². The van der Waals surface area contributed by atoms with Crippen molar-refractivity contribution in [3.63, 3.8) is 0 Å². The number of carbonyl (C=O) groups is 2. The van der Waals surface area contributed by atoms with Gasteiger partial charge in [0.1, 0.15) is 12.1 Å². The normalized spacial score (nSPS) is 24.4. The van der Waals surface area contributed by atoms with Gasteiger partial charge in [0.05, 0.1) is 6.04 Å². The largest absolute Gasteiger partial charge is 0.454 e. The third-order valence-electron chi connectivity index (χ3n) is 6.20. The van der Waals surface area contributed by atoms with E-state index in [1.54, 1.807) is 4.90 Å². The smallest absolute Gasteiger partial charge is 0.250 e. The summed E-state index contributed by atoms with van der Waals surface area (Å²) in [6.45, 7) is 3.90. The molecule has 0 spiro atoms. The van der Waals surface area contributed by atoms with Crippen molar-refractivity contribution in [2.75, 3.05) is 6.79 Å². The van der Waals surface area contributed by atoms with Crippen LogP contribution in [-0.4, -0.2) is 40.6 Å². The van der Waals surface area contributed by atoms with Gasteiger partial charge < -0.3 is 24.7 Å². The Labute approximate surface area is 172 Å². The van der Waals surface area contributed by atoms with Crippen molar-refractivity contribution in [1.82, 2.24) is 15.2 Å². The quantitative estimate of drug-likeness (QED) is 0.646. The van der Waals surface area contributed by atoms with E-state index in [0.717, 1.165) is 27.7 Å². The number of ether oxygens (including phenoxy) is 2. The number of H-pyrrole nitrogens is 1. The Bertz CT molecular complexity index is 1230. The average Bonchev–Trinajstić information content (AvgIpc) is 3.38. The van der Waals surface area contributed by atoms with Gasteiger partial charge in [-0.15, -0.1) is 6.58 Å². The van der Waals surface area contributed by atoms with Crippen LogP contribution in [-0.2, 0) is 16.0 Å². The first-order valence-electron chi connectivity index (χ1n) is 9.90. The van der Waals surface area contributed by atoms with E-state index < -0.39 is 18.1 Å². The number of amides is 2. The maximum atomic E-state index is 13.3. The van der Waals surface area contributed by atoms with Crippen molar-refractivity contribution >= 4 is 22.7 Å². The van der Waals surface area contributed by atoms with Crippen LogP contribution in [0.2, 0.25) is 0 Å². The third kappa shape index (κ3) is 2.26. The second-order valence-corrected chi connectivity index (χ2v) is 7.77. The van der Waals surface area contributed by atoms with Gasteiger partial charge in [0, 0.05) is 23.0 Å². The molecular weight excluding hydrogens is 382 g/mol. The number of piperazine rings is 1. The van der Waals surface area contributed by atoms with Crippen LogP contribution in [0.15, 0.2) is 55.1 Å². The van der Waals surface area contributed by atoms with Gasteiger partial charge in [0.25, 0.3) is 5.91 Å². The molecule has 3 aromatic rings. The van der Waals surface area contributed by atoms with Crippen LogP contribution in [0.5, 0.6) is 11.5 Å². The molecule has 0 radical (unpaired) electrons. The summed E-state index contributed by atoms with van der Waals surface area (Å²) in [6.07, 6.45) is 1.94. The molecule has 0 saturated carbocycles. The number of rotatable bonds is 2. The second-order valence-electron chi connectivity index (χ2n) is 7.77. The minimum Gasteiger partial charge on any atom is -0.454 e. The molecule has 2 amide bonds. The molecule has 1 fully saturated rings. The number of hydrogen-bond donors (Lipinski definition) is 2. The maximum absolute atomic E-state index is 13.3. The molecule has 3 aliphatic heterocycles. The highest BCUT2D eigenvalue weighted by molar-refractivity contribution is 6.00. The molecule has 1 unspecified atom stereocenters. The molecule has 3 aliphatic rings. The minimum atomic E-state index is -0.740. The van der Waals surface area contributed by atoms with E-state index in [1.807, 2.05) is 42.5 Å². The van der Waals surface area contributed by atoms with Crippen LogP contribution < -0.4 is 14.8 Å².